The Bertz CT molecular complexity index is 212. The fourth-order valence-electron chi connectivity index (χ4n) is 1.30. The topological polar surface area (TPSA) is 57.6 Å². The number of rotatable bonds is 2. The largest absolute Gasteiger partial charge is 0.392 e. The van der Waals surface area contributed by atoms with Crippen molar-refractivity contribution in [2.75, 3.05) is 6.54 Å². The van der Waals surface area contributed by atoms with E-state index in [1.165, 1.54) is 0 Å². The van der Waals surface area contributed by atoms with Gasteiger partial charge in [-0.25, -0.2) is 0 Å². The van der Waals surface area contributed by atoms with Gasteiger partial charge in [0.1, 0.15) is 0 Å². The first-order chi connectivity index (χ1) is 5.52. The lowest BCUT2D eigenvalue weighted by Gasteiger charge is -2.15. The summed E-state index contributed by atoms with van der Waals surface area (Å²) in [6.45, 7) is 3.41. The van der Waals surface area contributed by atoms with Gasteiger partial charge < -0.3 is 5.11 Å². The molecule has 1 heterocycles. The molecule has 1 aliphatic heterocycles. The first-order valence-electron chi connectivity index (χ1n) is 4.04. The Kier molecular flexibility index (Phi) is 2.47. The lowest BCUT2D eigenvalue weighted by atomic mass is 10.1. The van der Waals surface area contributed by atoms with Gasteiger partial charge in [0.2, 0.25) is 11.8 Å². The highest BCUT2D eigenvalue weighted by Crippen LogP contribution is 2.18. The van der Waals surface area contributed by atoms with Crippen LogP contribution in [0.1, 0.15) is 20.3 Å². The van der Waals surface area contributed by atoms with E-state index in [0.29, 0.717) is 0 Å². The van der Waals surface area contributed by atoms with Crippen LogP contribution in [0.15, 0.2) is 0 Å². The Balaban J connectivity index is 2.64. The van der Waals surface area contributed by atoms with E-state index >= 15 is 0 Å². The number of amides is 2. The summed E-state index contributed by atoms with van der Waals surface area (Å²) in [7, 11) is 0. The predicted octanol–water partition coefficient (Wildman–Crippen LogP) is -0.238. The van der Waals surface area contributed by atoms with E-state index in [2.05, 4.69) is 0 Å². The molecular formula is C8H13NO3. The van der Waals surface area contributed by atoms with Gasteiger partial charge in [0, 0.05) is 12.3 Å². The molecule has 0 bridgehead atoms. The molecule has 2 atom stereocenters. The van der Waals surface area contributed by atoms with E-state index in [0.717, 1.165) is 4.90 Å². The minimum atomic E-state index is -0.636. The van der Waals surface area contributed by atoms with Crippen LogP contribution < -0.4 is 0 Å². The van der Waals surface area contributed by atoms with E-state index in [9.17, 15) is 9.59 Å². The highest BCUT2D eigenvalue weighted by atomic mass is 16.3. The van der Waals surface area contributed by atoms with Crippen molar-refractivity contribution in [2.45, 2.75) is 26.4 Å². The molecule has 68 valence electrons. The van der Waals surface area contributed by atoms with Crippen molar-refractivity contribution in [2.24, 2.45) is 5.92 Å². The number of hydrogen-bond acceptors (Lipinski definition) is 3. The Hall–Kier alpha value is -0.900. The maximum absolute atomic E-state index is 11.2. The van der Waals surface area contributed by atoms with Crippen molar-refractivity contribution in [1.29, 1.82) is 0 Å². The molecule has 0 spiro atoms. The van der Waals surface area contributed by atoms with Gasteiger partial charge in [-0.3, -0.25) is 14.5 Å². The van der Waals surface area contributed by atoms with Gasteiger partial charge >= 0.3 is 0 Å². The molecule has 0 radical (unpaired) electrons. The zero-order valence-corrected chi connectivity index (χ0v) is 7.28. The van der Waals surface area contributed by atoms with Crippen LogP contribution in [0.3, 0.4) is 0 Å². The molecule has 12 heavy (non-hydrogen) atoms. The zero-order chi connectivity index (χ0) is 9.30. The minimum absolute atomic E-state index is 0.127. The third-order valence-corrected chi connectivity index (χ3v) is 1.92. The predicted molar refractivity (Wildman–Crippen MR) is 42.2 cm³/mol. The van der Waals surface area contributed by atoms with Gasteiger partial charge in [-0.05, 0) is 6.92 Å². The van der Waals surface area contributed by atoms with Crippen molar-refractivity contribution in [3.05, 3.63) is 0 Å². The van der Waals surface area contributed by atoms with Gasteiger partial charge in [-0.15, -0.1) is 0 Å². The zero-order valence-electron chi connectivity index (χ0n) is 7.28. The number of likely N-dealkylation sites (tertiary alicyclic amines) is 1. The number of carbonyl (C=O) groups is 2. The number of nitrogens with zero attached hydrogens (tertiary/aromatic N) is 1. The van der Waals surface area contributed by atoms with Crippen molar-refractivity contribution in [3.8, 4) is 0 Å². The molecule has 0 aliphatic carbocycles. The van der Waals surface area contributed by atoms with E-state index < -0.39 is 6.10 Å². The van der Waals surface area contributed by atoms with E-state index in [1.54, 1.807) is 13.8 Å². The second-order valence-corrected chi connectivity index (χ2v) is 3.30. The SMILES string of the molecule is CC1CC(=O)N(C[C@H](C)O)C1=O. The summed E-state index contributed by atoms with van der Waals surface area (Å²) >= 11 is 0. The van der Waals surface area contributed by atoms with E-state index in [-0.39, 0.29) is 30.7 Å². The van der Waals surface area contributed by atoms with Crippen LogP contribution in [0.25, 0.3) is 0 Å². The van der Waals surface area contributed by atoms with Crippen molar-refractivity contribution in [1.82, 2.24) is 4.90 Å². The summed E-state index contributed by atoms with van der Waals surface area (Å²) in [5.41, 5.74) is 0. The molecule has 1 unspecified atom stereocenters. The number of hydrogen-bond donors (Lipinski definition) is 1. The fraction of sp³-hybridized carbons (Fsp3) is 0.750. The first-order valence-corrected chi connectivity index (χ1v) is 4.04. The van der Waals surface area contributed by atoms with Crippen molar-refractivity contribution >= 4 is 11.8 Å². The summed E-state index contributed by atoms with van der Waals surface area (Å²) in [5, 5.41) is 8.99. The van der Waals surface area contributed by atoms with Gasteiger partial charge in [0.25, 0.3) is 0 Å². The van der Waals surface area contributed by atoms with Gasteiger partial charge in [0.05, 0.1) is 12.6 Å². The fourth-order valence-corrected chi connectivity index (χ4v) is 1.30. The molecule has 4 nitrogen and oxygen atoms in total. The van der Waals surface area contributed by atoms with Crippen LogP contribution in [0.5, 0.6) is 0 Å². The third kappa shape index (κ3) is 1.64. The molecule has 1 fully saturated rings. The normalized spacial score (nSPS) is 26.6. The molecular weight excluding hydrogens is 158 g/mol. The molecule has 1 saturated heterocycles. The first kappa shape index (κ1) is 9.19. The standard InChI is InChI=1S/C8H13NO3/c1-5-3-7(11)9(8(5)12)4-6(2)10/h5-6,10H,3-4H2,1-2H3/t5?,6-/m0/s1. The minimum Gasteiger partial charge on any atom is -0.392 e. The molecule has 0 aromatic carbocycles. The number of aliphatic hydroxyl groups is 1. The van der Waals surface area contributed by atoms with Crippen LogP contribution in [0.4, 0.5) is 0 Å². The molecule has 1 N–H and O–H groups in total. The highest BCUT2D eigenvalue weighted by molar-refractivity contribution is 6.03. The second-order valence-electron chi connectivity index (χ2n) is 3.30. The van der Waals surface area contributed by atoms with E-state index in [4.69, 9.17) is 5.11 Å². The molecule has 1 rings (SSSR count). The van der Waals surface area contributed by atoms with E-state index in [1.807, 2.05) is 0 Å². The van der Waals surface area contributed by atoms with Crippen LogP contribution >= 0.6 is 0 Å². The summed E-state index contributed by atoms with van der Waals surface area (Å²) in [5.74, 6) is -0.550. The maximum atomic E-state index is 11.2. The summed E-state index contributed by atoms with van der Waals surface area (Å²) < 4.78 is 0. The Morgan fingerprint density at radius 2 is 2.25 bits per heavy atom. The second kappa shape index (κ2) is 3.23. The Morgan fingerprint density at radius 3 is 2.58 bits per heavy atom. The molecule has 1 aliphatic rings. The lowest BCUT2D eigenvalue weighted by Crippen LogP contribution is -2.36. The van der Waals surface area contributed by atoms with Crippen molar-refractivity contribution < 1.29 is 14.7 Å². The van der Waals surface area contributed by atoms with Gasteiger partial charge in [-0.1, -0.05) is 6.92 Å². The number of carbonyl (C=O) groups excluding carboxylic acids is 2. The highest BCUT2D eigenvalue weighted by Gasteiger charge is 2.35. The van der Waals surface area contributed by atoms with Gasteiger partial charge in [-0.2, -0.15) is 0 Å². The van der Waals surface area contributed by atoms with Crippen LogP contribution in [0, 0.1) is 5.92 Å². The van der Waals surface area contributed by atoms with Crippen molar-refractivity contribution in [3.63, 3.8) is 0 Å². The van der Waals surface area contributed by atoms with Crippen LogP contribution in [0.2, 0.25) is 0 Å². The molecule has 4 heteroatoms. The average Bonchev–Trinajstić information content (AvgIpc) is 2.16. The Labute approximate surface area is 71.2 Å². The van der Waals surface area contributed by atoms with Crippen LogP contribution in [-0.2, 0) is 9.59 Å². The smallest absolute Gasteiger partial charge is 0.232 e. The molecule has 0 saturated carbocycles. The number of aliphatic hydroxyl groups excluding tert-OH is 1. The quantitative estimate of drug-likeness (QED) is 0.583. The average molecular weight is 171 g/mol. The lowest BCUT2D eigenvalue weighted by molar-refractivity contribution is -0.140. The monoisotopic (exact) mass is 171 g/mol. The maximum Gasteiger partial charge on any atom is 0.232 e. The summed E-state index contributed by atoms with van der Waals surface area (Å²) in [6.07, 6.45) is -0.353. The molecule has 0 aromatic rings. The number of imide groups is 1. The van der Waals surface area contributed by atoms with Crippen LogP contribution in [-0.4, -0.2) is 34.5 Å². The summed E-state index contributed by atoms with van der Waals surface area (Å²) in [4.78, 5) is 23.5. The van der Waals surface area contributed by atoms with Gasteiger partial charge in [0.15, 0.2) is 0 Å². The molecule has 0 aromatic heterocycles. The number of β-amino-alcohol motifs (C(OH)–C–C–N with tert-alkyl or cyclic N) is 1. The third-order valence-electron chi connectivity index (χ3n) is 1.92. The summed E-state index contributed by atoms with van der Waals surface area (Å²) in [6, 6.07) is 0. The Morgan fingerprint density at radius 1 is 1.67 bits per heavy atom. The molecule has 2 amide bonds.